The molecular formula is C20H20F4N4O2. The first-order valence-electron chi connectivity index (χ1n) is 9.27. The molecule has 0 unspecified atom stereocenters. The minimum atomic E-state index is -4.81. The van der Waals surface area contributed by atoms with Gasteiger partial charge in [0.1, 0.15) is 17.4 Å². The maximum atomic E-state index is 13.8. The summed E-state index contributed by atoms with van der Waals surface area (Å²) in [7, 11) is 3.82. The van der Waals surface area contributed by atoms with E-state index in [0.717, 1.165) is 17.8 Å². The summed E-state index contributed by atoms with van der Waals surface area (Å²) in [6.45, 7) is 0.309. The number of urea groups is 1. The Kier molecular flexibility index (Phi) is 4.64. The number of anilines is 1. The number of nitrogens with one attached hydrogen (secondary N) is 1. The van der Waals surface area contributed by atoms with E-state index in [1.807, 2.05) is 25.1 Å². The van der Waals surface area contributed by atoms with Gasteiger partial charge in [-0.15, -0.1) is 13.2 Å². The molecule has 0 atom stereocenters. The van der Waals surface area contributed by atoms with Gasteiger partial charge in [0.15, 0.2) is 0 Å². The number of rotatable bonds is 4. The van der Waals surface area contributed by atoms with Crippen molar-refractivity contribution in [1.82, 2.24) is 15.2 Å². The van der Waals surface area contributed by atoms with Gasteiger partial charge in [-0.25, -0.2) is 14.2 Å². The topological polar surface area (TPSA) is 57.7 Å². The summed E-state index contributed by atoms with van der Waals surface area (Å²) in [6, 6.07) is 8.47. The summed E-state index contributed by atoms with van der Waals surface area (Å²) >= 11 is 0. The Labute approximate surface area is 170 Å². The second kappa shape index (κ2) is 6.83. The molecule has 1 aromatic carbocycles. The van der Waals surface area contributed by atoms with E-state index in [2.05, 4.69) is 15.0 Å². The molecule has 1 saturated carbocycles. The summed E-state index contributed by atoms with van der Waals surface area (Å²) in [5, 5.41) is 2.98. The normalized spacial score (nSPS) is 26.1. The third-order valence-corrected chi connectivity index (χ3v) is 5.79. The quantitative estimate of drug-likeness (QED) is 0.762. The lowest BCUT2D eigenvalue weighted by molar-refractivity contribution is -0.274. The Morgan fingerprint density at radius 1 is 1.20 bits per heavy atom. The highest BCUT2D eigenvalue weighted by atomic mass is 19.4. The Morgan fingerprint density at radius 3 is 2.50 bits per heavy atom. The summed E-state index contributed by atoms with van der Waals surface area (Å²) in [5.74, 6) is -0.550. The predicted octanol–water partition coefficient (Wildman–Crippen LogP) is 3.64. The van der Waals surface area contributed by atoms with Crippen molar-refractivity contribution in [1.29, 1.82) is 0 Å². The molecule has 2 fully saturated rings. The summed E-state index contributed by atoms with van der Waals surface area (Å²) in [5.41, 5.74) is -0.128. The smallest absolute Gasteiger partial charge is 0.404 e. The minimum Gasteiger partial charge on any atom is -0.404 e. The molecule has 2 heterocycles. The molecule has 2 aromatic rings. The summed E-state index contributed by atoms with van der Waals surface area (Å²) < 4.78 is 54.5. The Morgan fingerprint density at radius 2 is 1.93 bits per heavy atom. The molecule has 30 heavy (non-hydrogen) atoms. The molecule has 6 nitrogen and oxygen atoms in total. The van der Waals surface area contributed by atoms with Crippen LogP contribution in [0, 0.1) is 5.82 Å². The van der Waals surface area contributed by atoms with Gasteiger partial charge >= 0.3 is 12.4 Å². The molecule has 1 aliphatic heterocycles. The highest BCUT2D eigenvalue weighted by Gasteiger charge is 2.61. The van der Waals surface area contributed by atoms with Crippen LogP contribution in [0.3, 0.4) is 0 Å². The van der Waals surface area contributed by atoms with Crippen molar-refractivity contribution in [3.05, 3.63) is 54.0 Å². The van der Waals surface area contributed by atoms with E-state index in [-0.39, 0.29) is 17.7 Å². The molecule has 1 aliphatic carbocycles. The molecule has 10 heteroatoms. The lowest BCUT2D eigenvalue weighted by Gasteiger charge is -2.57. The Balaban J connectivity index is 1.51. The molecule has 1 saturated heterocycles. The zero-order chi connectivity index (χ0) is 21.7. The minimum absolute atomic E-state index is 0.229. The zero-order valence-corrected chi connectivity index (χ0v) is 16.3. The Hall–Kier alpha value is -2.88. The standard InChI is InChI=1S/C20H20F4N4O2/c1-27(2)19(13-4-3-5-14(21)8-13)10-18(11-19)12-28(17(29)26-18)16-7-6-15(9-25-16)30-20(22,23)24/h3-9H,10-12H2,1-2H3,(H,26,29). The second-order valence-electron chi connectivity index (χ2n) is 7.99. The number of carbonyl (C=O) groups excluding carboxylic acids is 1. The zero-order valence-electron chi connectivity index (χ0n) is 16.3. The number of amides is 2. The van der Waals surface area contributed by atoms with Gasteiger partial charge in [0.25, 0.3) is 0 Å². The fourth-order valence-electron chi connectivity index (χ4n) is 4.44. The average molecular weight is 424 g/mol. The van der Waals surface area contributed by atoms with E-state index >= 15 is 0 Å². The van der Waals surface area contributed by atoms with Crippen molar-refractivity contribution in [2.45, 2.75) is 30.3 Å². The number of halogens is 4. The number of aromatic nitrogens is 1. The van der Waals surface area contributed by atoms with Crippen LogP contribution < -0.4 is 15.0 Å². The van der Waals surface area contributed by atoms with E-state index in [1.54, 1.807) is 6.07 Å². The number of pyridine rings is 1. The molecular weight excluding hydrogens is 404 g/mol. The highest BCUT2D eigenvalue weighted by Crippen LogP contribution is 2.53. The first-order chi connectivity index (χ1) is 14.0. The van der Waals surface area contributed by atoms with Crippen LogP contribution in [0.4, 0.5) is 28.2 Å². The lowest BCUT2D eigenvalue weighted by atomic mass is 9.59. The maximum absolute atomic E-state index is 13.8. The number of nitrogens with zero attached hydrogens (tertiary/aromatic N) is 3. The van der Waals surface area contributed by atoms with Gasteiger partial charge < -0.3 is 10.1 Å². The average Bonchev–Trinajstić information content (AvgIpc) is 2.96. The van der Waals surface area contributed by atoms with Gasteiger partial charge in [-0.3, -0.25) is 9.80 Å². The number of ether oxygens (including phenoxy) is 1. The van der Waals surface area contributed by atoms with Gasteiger partial charge in [-0.2, -0.15) is 0 Å². The monoisotopic (exact) mass is 424 g/mol. The third kappa shape index (κ3) is 3.55. The number of carbonyl (C=O) groups is 1. The fraction of sp³-hybridized carbons (Fsp3) is 0.400. The largest absolute Gasteiger partial charge is 0.573 e. The number of alkyl halides is 3. The van der Waals surface area contributed by atoms with E-state index in [1.165, 1.54) is 23.1 Å². The molecule has 2 aliphatic rings. The van der Waals surface area contributed by atoms with Crippen LogP contribution in [0.25, 0.3) is 0 Å². The van der Waals surface area contributed by atoms with Crippen molar-refractivity contribution in [3.8, 4) is 5.75 Å². The van der Waals surface area contributed by atoms with Gasteiger partial charge in [0, 0.05) is 0 Å². The van der Waals surface area contributed by atoms with E-state index < -0.39 is 23.2 Å². The van der Waals surface area contributed by atoms with Gasteiger partial charge in [-0.1, -0.05) is 12.1 Å². The van der Waals surface area contributed by atoms with Crippen LogP contribution in [0.15, 0.2) is 42.6 Å². The van der Waals surface area contributed by atoms with Crippen molar-refractivity contribution >= 4 is 11.8 Å². The van der Waals surface area contributed by atoms with Crippen molar-refractivity contribution in [2.75, 3.05) is 25.5 Å². The van der Waals surface area contributed by atoms with Gasteiger partial charge in [0.2, 0.25) is 0 Å². The molecule has 0 radical (unpaired) electrons. The predicted molar refractivity (Wildman–Crippen MR) is 101 cm³/mol. The van der Waals surface area contributed by atoms with Crippen LogP contribution in [-0.2, 0) is 5.54 Å². The third-order valence-electron chi connectivity index (χ3n) is 5.79. The molecule has 2 amide bonds. The maximum Gasteiger partial charge on any atom is 0.573 e. The van der Waals surface area contributed by atoms with Crippen LogP contribution in [0.5, 0.6) is 5.75 Å². The van der Waals surface area contributed by atoms with E-state index in [9.17, 15) is 22.4 Å². The summed E-state index contributed by atoms with van der Waals surface area (Å²) in [4.78, 5) is 19.9. The first kappa shape index (κ1) is 20.4. The molecule has 0 bridgehead atoms. The first-order valence-corrected chi connectivity index (χ1v) is 9.27. The van der Waals surface area contributed by atoms with Crippen LogP contribution in [0.2, 0.25) is 0 Å². The highest BCUT2D eigenvalue weighted by molar-refractivity contribution is 5.94. The van der Waals surface area contributed by atoms with E-state index in [4.69, 9.17) is 0 Å². The molecule has 160 valence electrons. The number of hydrogen-bond acceptors (Lipinski definition) is 4. The van der Waals surface area contributed by atoms with Crippen molar-refractivity contribution in [3.63, 3.8) is 0 Å². The van der Waals surface area contributed by atoms with Crippen molar-refractivity contribution < 1.29 is 27.1 Å². The van der Waals surface area contributed by atoms with Gasteiger partial charge in [-0.05, 0) is 56.8 Å². The molecule has 4 rings (SSSR count). The SMILES string of the molecule is CN(C)C1(c2cccc(F)c2)CC2(CN(c3ccc(OC(F)(F)F)cn3)C(=O)N2)C1. The number of benzene rings is 1. The van der Waals surface area contributed by atoms with E-state index in [0.29, 0.717) is 19.4 Å². The molecule has 1 N–H and O–H groups in total. The van der Waals surface area contributed by atoms with Crippen LogP contribution in [-0.4, -0.2) is 48.5 Å². The molecule has 1 spiro atoms. The molecule has 1 aromatic heterocycles. The number of hydrogen-bond donors (Lipinski definition) is 1. The van der Waals surface area contributed by atoms with Crippen LogP contribution >= 0.6 is 0 Å². The lowest BCUT2D eigenvalue weighted by Crippen LogP contribution is -2.66. The van der Waals surface area contributed by atoms with Gasteiger partial charge in [0.05, 0.1) is 23.8 Å². The summed E-state index contributed by atoms with van der Waals surface area (Å²) in [6.07, 6.45) is -2.75. The Bertz CT molecular complexity index is 956. The van der Waals surface area contributed by atoms with Crippen molar-refractivity contribution in [2.24, 2.45) is 0 Å². The second-order valence-corrected chi connectivity index (χ2v) is 7.99. The van der Waals surface area contributed by atoms with Crippen LogP contribution in [0.1, 0.15) is 18.4 Å². The fourth-order valence-corrected chi connectivity index (χ4v) is 4.44.